The maximum atomic E-state index is 11.1. The van der Waals surface area contributed by atoms with Crippen molar-refractivity contribution in [2.24, 2.45) is 0 Å². The van der Waals surface area contributed by atoms with Gasteiger partial charge in [0.05, 0.1) is 4.92 Å². The number of anilines is 1. The number of nitrogens with zero attached hydrogens (tertiary/aromatic N) is 3. The van der Waals surface area contributed by atoms with Crippen molar-refractivity contribution in [2.75, 3.05) is 12.4 Å². The molecule has 1 aromatic carbocycles. The van der Waals surface area contributed by atoms with E-state index in [1.54, 1.807) is 7.05 Å². The third-order valence-electron chi connectivity index (χ3n) is 2.17. The molecule has 0 spiro atoms. The summed E-state index contributed by atoms with van der Waals surface area (Å²) in [4.78, 5) is 19.3. The Morgan fingerprint density at radius 1 is 1.28 bits per heavy atom. The molecule has 18 heavy (non-hydrogen) atoms. The number of hydrogen-bond acceptors (Lipinski definition) is 6. The standard InChI is InChI=1S/C11H10N4O2S/c1-12-10-9(15(16)17)11(14-7-13-10)18-8-5-3-2-4-6-8/h2-7H,1H3,(H,12,13,14). The van der Waals surface area contributed by atoms with Crippen LogP contribution in [0.15, 0.2) is 46.6 Å². The van der Waals surface area contributed by atoms with E-state index in [0.29, 0.717) is 5.03 Å². The van der Waals surface area contributed by atoms with Crippen molar-refractivity contribution < 1.29 is 4.92 Å². The predicted octanol–water partition coefficient (Wildman–Crippen LogP) is 2.58. The summed E-state index contributed by atoms with van der Waals surface area (Å²) in [5.41, 5.74) is -0.103. The Labute approximate surface area is 108 Å². The summed E-state index contributed by atoms with van der Waals surface area (Å²) in [5, 5.41) is 14.1. The van der Waals surface area contributed by atoms with Crippen molar-refractivity contribution in [3.63, 3.8) is 0 Å². The van der Waals surface area contributed by atoms with Crippen LogP contribution in [0.4, 0.5) is 11.5 Å². The Morgan fingerprint density at radius 3 is 2.61 bits per heavy atom. The highest BCUT2D eigenvalue weighted by molar-refractivity contribution is 7.99. The summed E-state index contributed by atoms with van der Waals surface area (Å²) in [5.74, 6) is 0.216. The molecule has 0 fully saturated rings. The third-order valence-corrected chi connectivity index (χ3v) is 3.17. The average Bonchev–Trinajstić information content (AvgIpc) is 2.39. The zero-order valence-electron chi connectivity index (χ0n) is 9.53. The molecular formula is C11H10N4O2S. The lowest BCUT2D eigenvalue weighted by molar-refractivity contribution is -0.387. The summed E-state index contributed by atoms with van der Waals surface area (Å²) in [6.45, 7) is 0. The highest BCUT2D eigenvalue weighted by Crippen LogP contribution is 2.35. The lowest BCUT2D eigenvalue weighted by atomic mass is 10.4. The highest BCUT2D eigenvalue weighted by atomic mass is 32.2. The zero-order valence-corrected chi connectivity index (χ0v) is 10.3. The smallest absolute Gasteiger partial charge is 0.343 e. The SMILES string of the molecule is CNc1ncnc(Sc2ccccc2)c1[N+](=O)[O-]. The second-order valence-corrected chi connectivity index (χ2v) is 4.36. The van der Waals surface area contributed by atoms with Gasteiger partial charge in [-0.3, -0.25) is 10.1 Å². The van der Waals surface area contributed by atoms with Gasteiger partial charge in [-0.25, -0.2) is 9.97 Å². The molecule has 0 radical (unpaired) electrons. The van der Waals surface area contributed by atoms with Crippen LogP contribution in [0.3, 0.4) is 0 Å². The molecule has 6 nitrogen and oxygen atoms in total. The van der Waals surface area contributed by atoms with Gasteiger partial charge in [-0.2, -0.15) is 0 Å². The second kappa shape index (κ2) is 5.46. The van der Waals surface area contributed by atoms with Crippen molar-refractivity contribution in [3.05, 3.63) is 46.8 Å². The summed E-state index contributed by atoms with van der Waals surface area (Å²) >= 11 is 1.24. The molecule has 0 saturated carbocycles. The Hall–Kier alpha value is -2.15. The number of aromatic nitrogens is 2. The van der Waals surface area contributed by atoms with Crippen LogP contribution in [0.2, 0.25) is 0 Å². The third kappa shape index (κ3) is 2.57. The summed E-state index contributed by atoms with van der Waals surface area (Å²) in [7, 11) is 1.59. The lowest BCUT2D eigenvalue weighted by Crippen LogP contribution is -2.02. The Balaban J connectivity index is 2.42. The number of nitro groups is 1. The van der Waals surface area contributed by atoms with Crippen LogP contribution in [0.5, 0.6) is 0 Å². The minimum Gasteiger partial charge on any atom is -0.367 e. The van der Waals surface area contributed by atoms with Gasteiger partial charge in [0.15, 0.2) is 5.03 Å². The molecule has 1 heterocycles. The van der Waals surface area contributed by atoms with Gasteiger partial charge in [-0.1, -0.05) is 30.0 Å². The maximum Gasteiger partial charge on any atom is 0.343 e. The van der Waals surface area contributed by atoms with Crippen LogP contribution in [-0.2, 0) is 0 Å². The first-order valence-electron chi connectivity index (χ1n) is 5.12. The molecule has 0 saturated heterocycles. The van der Waals surface area contributed by atoms with E-state index in [9.17, 15) is 10.1 Å². The van der Waals surface area contributed by atoms with E-state index in [2.05, 4.69) is 15.3 Å². The van der Waals surface area contributed by atoms with Gasteiger partial charge in [0.25, 0.3) is 0 Å². The number of benzene rings is 1. The second-order valence-electron chi connectivity index (χ2n) is 3.30. The normalized spacial score (nSPS) is 10.1. The van der Waals surface area contributed by atoms with E-state index >= 15 is 0 Å². The van der Waals surface area contributed by atoms with Crippen LogP contribution in [-0.4, -0.2) is 21.9 Å². The topological polar surface area (TPSA) is 81.0 Å². The van der Waals surface area contributed by atoms with E-state index in [-0.39, 0.29) is 11.5 Å². The molecule has 7 heteroatoms. The Morgan fingerprint density at radius 2 is 2.00 bits per heavy atom. The fourth-order valence-corrected chi connectivity index (χ4v) is 2.27. The molecule has 1 N–H and O–H groups in total. The number of rotatable bonds is 4. The van der Waals surface area contributed by atoms with Crippen LogP contribution >= 0.6 is 11.8 Å². The molecule has 0 aliphatic rings. The highest BCUT2D eigenvalue weighted by Gasteiger charge is 2.22. The van der Waals surface area contributed by atoms with Crippen LogP contribution in [0, 0.1) is 10.1 Å². The van der Waals surface area contributed by atoms with E-state index in [0.717, 1.165) is 4.90 Å². The molecule has 0 unspecified atom stereocenters. The van der Waals surface area contributed by atoms with E-state index in [1.807, 2.05) is 30.3 Å². The van der Waals surface area contributed by atoms with Crippen LogP contribution < -0.4 is 5.32 Å². The molecule has 0 amide bonds. The molecule has 2 aromatic rings. The van der Waals surface area contributed by atoms with E-state index < -0.39 is 4.92 Å². The van der Waals surface area contributed by atoms with Crippen molar-refractivity contribution >= 4 is 23.3 Å². The van der Waals surface area contributed by atoms with Crippen LogP contribution in [0.1, 0.15) is 0 Å². The van der Waals surface area contributed by atoms with Crippen molar-refractivity contribution in [1.29, 1.82) is 0 Å². The Bertz CT molecular complexity index is 562. The van der Waals surface area contributed by atoms with Crippen LogP contribution in [0.25, 0.3) is 0 Å². The first kappa shape index (κ1) is 12.3. The van der Waals surface area contributed by atoms with Crippen molar-refractivity contribution in [3.8, 4) is 0 Å². The number of hydrogen-bond donors (Lipinski definition) is 1. The first-order chi connectivity index (χ1) is 8.72. The molecule has 92 valence electrons. The van der Waals surface area contributed by atoms with Gasteiger partial charge in [0.1, 0.15) is 6.33 Å². The molecular weight excluding hydrogens is 252 g/mol. The predicted molar refractivity (Wildman–Crippen MR) is 68.8 cm³/mol. The molecule has 0 aliphatic carbocycles. The molecule has 0 bridgehead atoms. The summed E-state index contributed by atoms with van der Waals surface area (Å²) in [6.07, 6.45) is 1.31. The first-order valence-corrected chi connectivity index (χ1v) is 5.94. The Kier molecular flexibility index (Phi) is 3.73. The lowest BCUT2D eigenvalue weighted by Gasteiger charge is -2.05. The zero-order chi connectivity index (χ0) is 13.0. The van der Waals surface area contributed by atoms with Crippen molar-refractivity contribution in [1.82, 2.24) is 9.97 Å². The largest absolute Gasteiger partial charge is 0.367 e. The van der Waals surface area contributed by atoms with Crippen molar-refractivity contribution in [2.45, 2.75) is 9.92 Å². The summed E-state index contributed by atoms with van der Waals surface area (Å²) in [6, 6.07) is 9.37. The maximum absolute atomic E-state index is 11.1. The average molecular weight is 262 g/mol. The van der Waals surface area contributed by atoms with Gasteiger partial charge in [0, 0.05) is 11.9 Å². The molecule has 0 atom stereocenters. The molecule has 2 rings (SSSR count). The molecule has 0 aliphatic heterocycles. The van der Waals surface area contributed by atoms with Gasteiger partial charge < -0.3 is 5.32 Å². The fourth-order valence-electron chi connectivity index (χ4n) is 1.38. The monoisotopic (exact) mass is 262 g/mol. The van der Waals surface area contributed by atoms with E-state index in [1.165, 1.54) is 18.1 Å². The minimum atomic E-state index is -0.475. The minimum absolute atomic E-state index is 0.103. The van der Waals surface area contributed by atoms with Gasteiger partial charge in [-0.15, -0.1) is 0 Å². The molecule has 1 aromatic heterocycles. The van der Waals surface area contributed by atoms with Gasteiger partial charge in [-0.05, 0) is 12.1 Å². The van der Waals surface area contributed by atoms with E-state index in [4.69, 9.17) is 0 Å². The van der Waals surface area contributed by atoms with Gasteiger partial charge in [0.2, 0.25) is 5.82 Å². The van der Waals surface area contributed by atoms with Gasteiger partial charge >= 0.3 is 5.69 Å². The summed E-state index contributed by atoms with van der Waals surface area (Å²) < 4.78 is 0. The fraction of sp³-hybridized carbons (Fsp3) is 0.0909. The number of nitrogens with one attached hydrogen (secondary N) is 1. The quantitative estimate of drug-likeness (QED) is 0.518.